The average molecular weight is 288 g/mol. The van der Waals surface area contributed by atoms with E-state index < -0.39 is 0 Å². The van der Waals surface area contributed by atoms with E-state index in [1.54, 1.807) is 0 Å². The zero-order chi connectivity index (χ0) is 15.1. The van der Waals surface area contributed by atoms with E-state index >= 15 is 0 Å². The summed E-state index contributed by atoms with van der Waals surface area (Å²) in [5.41, 5.74) is 1.29. The molecule has 0 unspecified atom stereocenters. The lowest BCUT2D eigenvalue weighted by molar-refractivity contribution is -0.125. The van der Waals surface area contributed by atoms with E-state index in [0.29, 0.717) is 6.54 Å². The van der Waals surface area contributed by atoms with E-state index in [0.717, 1.165) is 25.9 Å². The molecule has 3 heteroatoms. The number of rotatable bonds is 7. The lowest BCUT2D eigenvalue weighted by Gasteiger charge is -2.30. The van der Waals surface area contributed by atoms with Crippen molar-refractivity contribution in [2.45, 2.75) is 45.6 Å². The molecule has 0 saturated heterocycles. The Morgan fingerprint density at radius 2 is 1.81 bits per heavy atom. The smallest absolute Gasteiger partial charge is 0.223 e. The molecule has 1 fully saturated rings. The largest absolute Gasteiger partial charge is 0.354 e. The molecular formula is C18H28N2O. The van der Waals surface area contributed by atoms with Gasteiger partial charge in [0.2, 0.25) is 5.91 Å². The molecule has 1 saturated carbocycles. The molecule has 0 heterocycles. The molecule has 3 nitrogen and oxygen atoms in total. The summed E-state index contributed by atoms with van der Waals surface area (Å²) in [6.45, 7) is 7.06. The molecule has 21 heavy (non-hydrogen) atoms. The number of amides is 1. The van der Waals surface area contributed by atoms with Crippen LogP contribution in [0.4, 0.5) is 0 Å². The molecule has 1 aromatic rings. The van der Waals surface area contributed by atoms with Crippen LogP contribution in [0.5, 0.6) is 0 Å². The minimum Gasteiger partial charge on any atom is -0.354 e. The van der Waals surface area contributed by atoms with Gasteiger partial charge in [0.25, 0.3) is 0 Å². The van der Waals surface area contributed by atoms with Crippen molar-refractivity contribution in [1.29, 1.82) is 0 Å². The van der Waals surface area contributed by atoms with Gasteiger partial charge in [-0.25, -0.2) is 0 Å². The number of hydrogen-bond acceptors (Lipinski definition) is 2. The van der Waals surface area contributed by atoms with Gasteiger partial charge >= 0.3 is 0 Å². The van der Waals surface area contributed by atoms with Crippen molar-refractivity contribution in [3.63, 3.8) is 0 Å². The minimum absolute atomic E-state index is 0.248. The second-order valence-corrected chi connectivity index (χ2v) is 5.87. The van der Waals surface area contributed by atoms with E-state index in [1.807, 2.05) is 6.07 Å². The number of benzene rings is 1. The Kier molecular flexibility index (Phi) is 6.24. The molecule has 0 aromatic heterocycles. The van der Waals surface area contributed by atoms with Crippen molar-refractivity contribution in [1.82, 2.24) is 10.2 Å². The molecule has 0 aliphatic heterocycles. The van der Waals surface area contributed by atoms with Gasteiger partial charge in [-0.05, 0) is 31.5 Å². The first-order valence-corrected chi connectivity index (χ1v) is 8.33. The van der Waals surface area contributed by atoms with Gasteiger partial charge in [0.1, 0.15) is 0 Å². The predicted molar refractivity (Wildman–Crippen MR) is 87.1 cm³/mol. The normalized spacial score (nSPS) is 17.1. The van der Waals surface area contributed by atoms with Gasteiger partial charge in [-0.3, -0.25) is 9.69 Å². The summed E-state index contributed by atoms with van der Waals surface area (Å²) in [4.78, 5) is 14.7. The first kappa shape index (κ1) is 16.0. The van der Waals surface area contributed by atoms with Gasteiger partial charge in [0, 0.05) is 12.5 Å². The monoisotopic (exact) mass is 288 g/mol. The maximum Gasteiger partial charge on any atom is 0.223 e. The highest BCUT2D eigenvalue weighted by Gasteiger charge is 2.24. The second-order valence-electron chi connectivity index (χ2n) is 5.87. The molecule has 116 valence electrons. The number of carbonyl (C=O) groups excluding carboxylic acids is 1. The van der Waals surface area contributed by atoms with E-state index in [9.17, 15) is 4.79 Å². The Morgan fingerprint density at radius 1 is 1.19 bits per heavy atom. The highest BCUT2D eigenvalue weighted by atomic mass is 16.1. The number of nitrogens with one attached hydrogen (secondary N) is 1. The molecule has 1 aromatic carbocycles. The van der Waals surface area contributed by atoms with Gasteiger partial charge in [-0.1, -0.05) is 57.0 Å². The topological polar surface area (TPSA) is 32.3 Å². The van der Waals surface area contributed by atoms with Gasteiger partial charge in [-0.15, -0.1) is 0 Å². The molecule has 0 radical (unpaired) electrons. The van der Waals surface area contributed by atoms with E-state index in [-0.39, 0.29) is 17.9 Å². The third-order valence-corrected chi connectivity index (χ3v) is 4.63. The Balaban J connectivity index is 2.00. The number of hydrogen-bond donors (Lipinski definition) is 1. The van der Waals surface area contributed by atoms with Crippen LogP contribution in [-0.2, 0) is 4.79 Å². The van der Waals surface area contributed by atoms with Crippen LogP contribution in [0, 0.1) is 5.92 Å². The average Bonchev–Trinajstić information content (AvgIpc) is 3.06. The lowest BCUT2D eigenvalue weighted by atomic mass is 10.0. The van der Waals surface area contributed by atoms with Gasteiger partial charge in [0.15, 0.2) is 0 Å². The van der Waals surface area contributed by atoms with Crippen molar-refractivity contribution in [3.8, 4) is 0 Å². The second kappa shape index (κ2) is 8.18. The third-order valence-electron chi connectivity index (χ3n) is 4.63. The first-order valence-electron chi connectivity index (χ1n) is 8.33. The fourth-order valence-corrected chi connectivity index (χ4v) is 3.33. The highest BCUT2D eigenvalue weighted by molar-refractivity contribution is 5.78. The summed E-state index contributed by atoms with van der Waals surface area (Å²) in [5, 5.41) is 3.19. The summed E-state index contributed by atoms with van der Waals surface area (Å²) in [6, 6.07) is 10.8. The van der Waals surface area contributed by atoms with Crippen LogP contribution < -0.4 is 5.32 Å². The fraction of sp³-hybridized carbons (Fsp3) is 0.611. The van der Waals surface area contributed by atoms with Crippen molar-refractivity contribution in [3.05, 3.63) is 35.9 Å². The SMILES string of the molecule is CCN(CC)[C@H](CNC(=O)C1CCCC1)c1ccccc1. The first-order chi connectivity index (χ1) is 10.3. The fourth-order valence-electron chi connectivity index (χ4n) is 3.33. The Bertz CT molecular complexity index is 422. The van der Waals surface area contributed by atoms with Gasteiger partial charge in [0.05, 0.1) is 6.04 Å². The van der Waals surface area contributed by atoms with Gasteiger partial charge < -0.3 is 5.32 Å². The zero-order valence-corrected chi connectivity index (χ0v) is 13.3. The molecule has 0 spiro atoms. The number of likely N-dealkylation sites (N-methyl/N-ethyl adjacent to an activating group) is 1. The maximum absolute atomic E-state index is 12.3. The highest BCUT2D eigenvalue weighted by Crippen LogP contribution is 2.25. The summed E-state index contributed by atoms with van der Waals surface area (Å²) in [6.07, 6.45) is 4.53. The Labute approximate surface area is 128 Å². The molecule has 2 rings (SSSR count). The molecule has 1 amide bonds. The van der Waals surface area contributed by atoms with Crippen LogP contribution >= 0.6 is 0 Å². The van der Waals surface area contributed by atoms with E-state index in [1.165, 1.54) is 18.4 Å². The molecule has 1 atom stereocenters. The van der Waals surface area contributed by atoms with Crippen LogP contribution in [-0.4, -0.2) is 30.4 Å². The van der Waals surface area contributed by atoms with Crippen LogP contribution in [0.25, 0.3) is 0 Å². The molecule has 0 bridgehead atoms. The molecule has 1 aliphatic rings. The van der Waals surface area contributed by atoms with Gasteiger partial charge in [-0.2, -0.15) is 0 Å². The lowest BCUT2D eigenvalue weighted by Crippen LogP contribution is -2.39. The summed E-state index contributed by atoms with van der Waals surface area (Å²) in [5.74, 6) is 0.499. The quantitative estimate of drug-likeness (QED) is 0.834. The molecule has 1 N–H and O–H groups in total. The summed E-state index contributed by atoms with van der Waals surface area (Å²) < 4.78 is 0. The maximum atomic E-state index is 12.3. The van der Waals surface area contributed by atoms with Crippen LogP contribution in [0.2, 0.25) is 0 Å². The zero-order valence-electron chi connectivity index (χ0n) is 13.3. The van der Waals surface area contributed by atoms with Crippen molar-refractivity contribution < 1.29 is 4.79 Å². The third kappa shape index (κ3) is 4.31. The molecule has 1 aliphatic carbocycles. The number of carbonyl (C=O) groups is 1. The van der Waals surface area contributed by atoms with Crippen LogP contribution in [0.3, 0.4) is 0 Å². The number of nitrogens with zero attached hydrogens (tertiary/aromatic N) is 1. The van der Waals surface area contributed by atoms with Crippen LogP contribution in [0.15, 0.2) is 30.3 Å². The van der Waals surface area contributed by atoms with E-state index in [4.69, 9.17) is 0 Å². The Morgan fingerprint density at radius 3 is 2.38 bits per heavy atom. The van der Waals surface area contributed by atoms with Crippen molar-refractivity contribution in [2.75, 3.05) is 19.6 Å². The van der Waals surface area contributed by atoms with Crippen molar-refractivity contribution in [2.24, 2.45) is 5.92 Å². The van der Waals surface area contributed by atoms with Crippen LogP contribution in [0.1, 0.15) is 51.1 Å². The Hall–Kier alpha value is -1.35. The standard InChI is InChI=1S/C18H28N2O/c1-3-20(4-2)17(15-10-6-5-7-11-15)14-19-18(21)16-12-8-9-13-16/h5-7,10-11,16-17H,3-4,8-9,12-14H2,1-2H3,(H,19,21)/t17-/m1/s1. The van der Waals surface area contributed by atoms with Crippen molar-refractivity contribution >= 4 is 5.91 Å². The molecular weight excluding hydrogens is 260 g/mol. The predicted octanol–water partition coefficient (Wildman–Crippen LogP) is 3.38. The summed E-state index contributed by atoms with van der Waals surface area (Å²) in [7, 11) is 0. The summed E-state index contributed by atoms with van der Waals surface area (Å²) >= 11 is 0. The van der Waals surface area contributed by atoms with E-state index in [2.05, 4.69) is 48.3 Å². The minimum atomic E-state index is 0.248.